The van der Waals surface area contributed by atoms with Gasteiger partial charge in [-0.3, -0.25) is 4.68 Å². The fourth-order valence-corrected chi connectivity index (χ4v) is 3.34. The van der Waals surface area contributed by atoms with Crippen LogP contribution in [0.25, 0.3) is 0 Å². The van der Waals surface area contributed by atoms with Crippen LogP contribution in [0.4, 0.5) is 0 Å². The van der Waals surface area contributed by atoms with Gasteiger partial charge in [-0.25, -0.2) is 0 Å². The van der Waals surface area contributed by atoms with Gasteiger partial charge in [-0.05, 0) is 33.1 Å². The molecule has 1 aliphatic carbocycles. The fraction of sp³-hybridized carbons (Fsp3) is 0.688. The molecule has 1 saturated carbocycles. The van der Waals surface area contributed by atoms with Crippen molar-refractivity contribution in [3.05, 3.63) is 28.7 Å². The van der Waals surface area contributed by atoms with E-state index in [1.165, 1.54) is 18.4 Å². The Morgan fingerprint density at radius 1 is 1.26 bits per heavy atom. The van der Waals surface area contributed by atoms with Gasteiger partial charge >= 0.3 is 0 Å². The minimum absolute atomic E-state index is 0.0403. The number of nitrogens with zero attached hydrogens (tertiary/aromatic N) is 4. The van der Waals surface area contributed by atoms with Crippen LogP contribution in [0.1, 0.15) is 60.0 Å². The average molecular weight is 317 g/mol. The van der Waals surface area contributed by atoms with E-state index < -0.39 is 0 Å². The van der Waals surface area contributed by atoms with E-state index >= 15 is 0 Å². The summed E-state index contributed by atoms with van der Waals surface area (Å²) in [5.74, 6) is 2.02. The summed E-state index contributed by atoms with van der Waals surface area (Å²) in [5.41, 5.74) is 3.41. The molecule has 1 aliphatic heterocycles. The molecule has 2 aromatic heterocycles. The molecule has 3 heterocycles. The highest BCUT2D eigenvalue weighted by molar-refractivity contribution is 5.29. The van der Waals surface area contributed by atoms with Crippen LogP contribution in [-0.2, 0) is 18.3 Å². The number of ether oxygens (including phenoxy) is 1. The lowest BCUT2D eigenvalue weighted by Gasteiger charge is -2.20. The van der Waals surface area contributed by atoms with Gasteiger partial charge in [0.05, 0.1) is 12.2 Å². The van der Waals surface area contributed by atoms with E-state index in [9.17, 15) is 0 Å². The Balaban J connectivity index is 1.44. The van der Waals surface area contributed by atoms with Crippen LogP contribution in [0.5, 0.6) is 0 Å². The first-order valence-corrected chi connectivity index (χ1v) is 8.31. The Bertz CT molecular complexity index is 703. The van der Waals surface area contributed by atoms with Crippen LogP contribution in [0, 0.1) is 13.8 Å². The second kappa shape index (κ2) is 5.72. The quantitative estimate of drug-likeness (QED) is 0.908. The Kier molecular flexibility index (Phi) is 3.69. The molecule has 4 rings (SSSR count). The molecule has 0 radical (unpaired) electrons. The minimum atomic E-state index is 0.0403. The van der Waals surface area contributed by atoms with Crippen LogP contribution in [0.15, 0.2) is 4.52 Å². The topological polar surface area (TPSA) is 78.0 Å². The minimum Gasteiger partial charge on any atom is -0.372 e. The predicted molar refractivity (Wildman–Crippen MR) is 82.9 cm³/mol. The molecule has 1 saturated heterocycles. The zero-order valence-electron chi connectivity index (χ0n) is 13.9. The van der Waals surface area contributed by atoms with Crippen LogP contribution >= 0.6 is 0 Å². The van der Waals surface area contributed by atoms with Crippen molar-refractivity contribution in [3.63, 3.8) is 0 Å². The van der Waals surface area contributed by atoms with Gasteiger partial charge in [0, 0.05) is 36.9 Å². The van der Waals surface area contributed by atoms with Gasteiger partial charge in [-0.2, -0.15) is 10.1 Å². The molecule has 0 spiro atoms. The SMILES string of the molecule is Cc1nn(C)c(C)c1[C@H]1OCC[C@@H]1NCc1noc(C2CC2)n1. The molecule has 23 heavy (non-hydrogen) atoms. The molecule has 1 N–H and O–H groups in total. The molecule has 0 aromatic carbocycles. The highest BCUT2D eigenvalue weighted by atomic mass is 16.5. The number of nitrogens with one attached hydrogen (secondary N) is 1. The lowest BCUT2D eigenvalue weighted by atomic mass is 10.0. The maximum Gasteiger partial charge on any atom is 0.229 e. The third-order valence-electron chi connectivity index (χ3n) is 4.87. The van der Waals surface area contributed by atoms with Gasteiger partial charge in [0.25, 0.3) is 0 Å². The van der Waals surface area contributed by atoms with E-state index in [1.807, 2.05) is 18.7 Å². The monoisotopic (exact) mass is 317 g/mol. The zero-order valence-corrected chi connectivity index (χ0v) is 13.9. The first-order valence-electron chi connectivity index (χ1n) is 8.31. The summed E-state index contributed by atoms with van der Waals surface area (Å²) in [7, 11) is 1.97. The molecule has 7 heteroatoms. The first-order chi connectivity index (χ1) is 11.1. The van der Waals surface area contributed by atoms with E-state index in [0.29, 0.717) is 12.5 Å². The molecular formula is C16H23N5O2. The molecule has 0 amide bonds. The first kappa shape index (κ1) is 14.8. The van der Waals surface area contributed by atoms with E-state index in [1.54, 1.807) is 0 Å². The van der Waals surface area contributed by atoms with Crippen molar-refractivity contribution in [3.8, 4) is 0 Å². The number of rotatable bonds is 5. The third-order valence-corrected chi connectivity index (χ3v) is 4.87. The second-order valence-corrected chi connectivity index (χ2v) is 6.60. The fourth-order valence-electron chi connectivity index (χ4n) is 3.34. The lowest BCUT2D eigenvalue weighted by molar-refractivity contribution is 0.0972. The summed E-state index contributed by atoms with van der Waals surface area (Å²) < 4.78 is 13.2. The molecule has 2 aliphatic rings. The van der Waals surface area contributed by atoms with Gasteiger partial charge < -0.3 is 14.6 Å². The highest BCUT2D eigenvalue weighted by Gasteiger charge is 2.34. The number of aromatic nitrogens is 4. The van der Waals surface area contributed by atoms with Crippen molar-refractivity contribution in [1.82, 2.24) is 25.2 Å². The molecule has 124 valence electrons. The summed E-state index contributed by atoms with van der Waals surface area (Å²) in [6, 6.07) is 0.250. The van der Waals surface area contributed by atoms with E-state index in [0.717, 1.165) is 36.1 Å². The molecule has 2 atom stereocenters. The lowest BCUT2D eigenvalue weighted by Crippen LogP contribution is -2.32. The van der Waals surface area contributed by atoms with Crippen molar-refractivity contribution >= 4 is 0 Å². The number of hydrogen-bond donors (Lipinski definition) is 1. The summed E-state index contributed by atoms with van der Waals surface area (Å²) in [6.07, 6.45) is 3.37. The number of hydrogen-bond acceptors (Lipinski definition) is 6. The van der Waals surface area contributed by atoms with Crippen LogP contribution in [0.3, 0.4) is 0 Å². The van der Waals surface area contributed by atoms with Crippen molar-refractivity contribution in [2.75, 3.05) is 6.61 Å². The van der Waals surface area contributed by atoms with Crippen LogP contribution in [-0.4, -0.2) is 32.6 Å². The highest BCUT2D eigenvalue weighted by Crippen LogP contribution is 2.39. The van der Waals surface area contributed by atoms with Crippen molar-refractivity contribution in [2.45, 2.75) is 57.7 Å². The summed E-state index contributed by atoms with van der Waals surface area (Å²) in [6.45, 7) is 5.51. The number of aryl methyl sites for hydroxylation is 2. The summed E-state index contributed by atoms with van der Waals surface area (Å²) in [5, 5.41) is 12.1. The summed E-state index contributed by atoms with van der Waals surface area (Å²) in [4.78, 5) is 4.47. The standard InChI is InChI=1S/C16H23N5O2/c1-9-14(10(2)21(3)19-9)15-12(6-7-22-15)17-8-13-18-16(23-20-13)11-4-5-11/h11-12,15,17H,4-8H2,1-3H3/t12-,15-/m0/s1. The van der Waals surface area contributed by atoms with Gasteiger partial charge in [0.2, 0.25) is 5.89 Å². The van der Waals surface area contributed by atoms with E-state index in [4.69, 9.17) is 9.26 Å². The smallest absolute Gasteiger partial charge is 0.229 e. The van der Waals surface area contributed by atoms with Gasteiger partial charge in [-0.15, -0.1) is 0 Å². The molecular weight excluding hydrogens is 294 g/mol. The Hall–Kier alpha value is -1.73. The van der Waals surface area contributed by atoms with Crippen LogP contribution in [0.2, 0.25) is 0 Å². The molecule has 2 fully saturated rings. The molecule has 0 bridgehead atoms. The van der Waals surface area contributed by atoms with Gasteiger partial charge in [0.1, 0.15) is 6.10 Å². The zero-order chi connectivity index (χ0) is 16.0. The van der Waals surface area contributed by atoms with Gasteiger partial charge in [0.15, 0.2) is 5.82 Å². The normalized spacial score (nSPS) is 24.5. The van der Waals surface area contributed by atoms with Crippen LogP contribution < -0.4 is 5.32 Å². The predicted octanol–water partition coefficient (Wildman–Crippen LogP) is 1.92. The Morgan fingerprint density at radius 3 is 2.78 bits per heavy atom. The largest absolute Gasteiger partial charge is 0.372 e. The van der Waals surface area contributed by atoms with Gasteiger partial charge in [-0.1, -0.05) is 5.16 Å². The Morgan fingerprint density at radius 2 is 2.09 bits per heavy atom. The maximum atomic E-state index is 5.99. The van der Waals surface area contributed by atoms with Crippen molar-refractivity contribution in [2.24, 2.45) is 7.05 Å². The Labute approximate surface area is 135 Å². The summed E-state index contributed by atoms with van der Waals surface area (Å²) >= 11 is 0. The van der Waals surface area contributed by atoms with Crippen molar-refractivity contribution in [1.29, 1.82) is 0 Å². The third kappa shape index (κ3) is 2.79. The van der Waals surface area contributed by atoms with E-state index in [2.05, 4.69) is 27.5 Å². The van der Waals surface area contributed by atoms with Crippen molar-refractivity contribution < 1.29 is 9.26 Å². The maximum absolute atomic E-state index is 5.99. The average Bonchev–Trinajstić information content (AvgIpc) is 2.99. The molecule has 2 aromatic rings. The second-order valence-electron chi connectivity index (χ2n) is 6.60. The molecule has 7 nitrogen and oxygen atoms in total. The molecule has 0 unspecified atom stereocenters. The van der Waals surface area contributed by atoms with E-state index in [-0.39, 0.29) is 12.1 Å².